The van der Waals surface area contributed by atoms with Crippen molar-refractivity contribution in [2.45, 2.75) is 60.1 Å². The summed E-state index contributed by atoms with van der Waals surface area (Å²) in [6, 6.07) is 7.94. The smallest absolute Gasteiger partial charge is 0.355 e. The Morgan fingerprint density at radius 3 is 2.43 bits per heavy atom. The molecule has 6 heteroatoms. The number of esters is 2. The van der Waals surface area contributed by atoms with Crippen molar-refractivity contribution in [2.75, 3.05) is 11.9 Å². The molecule has 2 rings (SSSR count). The SMILES string of the molecule is CCOC(=O)c1c(CNc2cccc(C)c2)[nH]c(C(=O)OC(C)(C)C)c1CC. The van der Waals surface area contributed by atoms with Crippen molar-refractivity contribution in [2.24, 2.45) is 0 Å². The monoisotopic (exact) mass is 386 g/mol. The first kappa shape index (κ1) is 21.5. The zero-order chi connectivity index (χ0) is 20.9. The first-order valence-electron chi connectivity index (χ1n) is 9.61. The standard InChI is InChI=1S/C22H30N2O4/c1-7-16-18(20(25)27-8-2)17(13-23-15-11-9-10-14(3)12-15)24-19(16)21(26)28-22(4,5)6/h9-12,23-24H,7-8,13H2,1-6H3. The van der Waals surface area contributed by atoms with Crippen LogP contribution in [0.15, 0.2) is 24.3 Å². The van der Waals surface area contributed by atoms with Crippen LogP contribution in [0.4, 0.5) is 5.69 Å². The van der Waals surface area contributed by atoms with Crippen LogP contribution in [0.25, 0.3) is 0 Å². The van der Waals surface area contributed by atoms with Gasteiger partial charge in [-0.05, 0) is 64.3 Å². The molecule has 0 bridgehead atoms. The highest BCUT2D eigenvalue weighted by atomic mass is 16.6. The molecule has 152 valence electrons. The lowest BCUT2D eigenvalue weighted by atomic mass is 10.1. The largest absolute Gasteiger partial charge is 0.462 e. The van der Waals surface area contributed by atoms with E-state index >= 15 is 0 Å². The van der Waals surface area contributed by atoms with E-state index in [4.69, 9.17) is 9.47 Å². The maximum absolute atomic E-state index is 12.7. The molecular formula is C22H30N2O4. The lowest BCUT2D eigenvalue weighted by molar-refractivity contribution is 0.00622. The summed E-state index contributed by atoms with van der Waals surface area (Å²) < 4.78 is 10.7. The predicted octanol–water partition coefficient (Wildman–Crippen LogP) is 4.63. The van der Waals surface area contributed by atoms with Gasteiger partial charge in [-0.15, -0.1) is 0 Å². The van der Waals surface area contributed by atoms with Crippen LogP contribution in [0.3, 0.4) is 0 Å². The van der Waals surface area contributed by atoms with E-state index < -0.39 is 17.5 Å². The molecule has 0 aliphatic rings. The highest BCUT2D eigenvalue weighted by Gasteiger charge is 2.29. The zero-order valence-electron chi connectivity index (χ0n) is 17.6. The van der Waals surface area contributed by atoms with Crippen LogP contribution in [0.1, 0.15) is 72.3 Å². The van der Waals surface area contributed by atoms with E-state index in [0.717, 1.165) is 11.3 Å². The Hall–Kier alpha value is -2.76. The molecule has 0 aliphatic heterocycles. The maximum Gasteiger partial charge on any atom is 0.355 e. The van der Waals surface area contributed by atoms with E-state index in [9.17, 15) is 9.59 Å². The van der Waals surface area contributed by atoms with E-state index in [2.05, 4.69) is 10.3 Å². The molecule has 1 heterocycles. The minimum atomic E-state index is -0.628. The molecule has 0 atom stereocenters. The van der Waals surface area contributed by atoms with Crippen molar-refractivity contribution in [1.82, 2.24) is 4.98 Å². The molecule has 0 amide bonds. The van der Waals surface area contributed by atoms with Crippen molar-refractivity contribution in [3.8, 4) is 0 Å². The highest BCUT2D eigenvalue weighted by molar-refractivity contribution is 5.99. The fourth-order valence-electron chi connectivity index (χ4n) is 2.98. The van der Waals surface area contributed by atoms with E-state index in [1.807, 2.05) is 58.9 Å². The third kappa shape index (κ3) is 5.38. The molecule has 2 N–H and O–H groups in total. The van der Waals surface area contributed by atoms with E-state index in [-0.39, 0.29) is 6.61 Å². The van der Waals surface area contributed by atoms with Gasteiger partial charge in [0.2, 0.25) is 0 Å². The Kier molecular flexibility index (Phi) is 6.89. The Bertz CT molecular complexity index is 847. The predicted molar refractivity (Wildman–Crippen MR) is 110 cm³/mol. The molecule has 0 unspecified atom stereocenters. The van der Waals surface area contributed by atoms with Crippen molar-refractivity contribution >= 4 is 17.6 Å². The second kappa shape index (κ2) is 8.95. The number of aromatic amines is 1. The third-order valence-electron chi connectivity index (χ3n) is 4.10. The van der Waals surface area contributed by atoms with Gasteiger partial charge in [0, 0.05) is 11.4 Å². The van der Waals surface area contributed by atoms with E-state index in [0.29, 0.717) is 35.5 Å². The lowest BCUT2D eigenvalue weighted by Crippen LogP contribution is -2.24. The molecule has 1 aromatic carbocycles. The Labute approximate surface area is 166 Å². The van der Waals surface area contributed by atoms with Crippen LogP contribution >= 0.6 is 0 Å². The van der Waals surface area contributed by atoms with Crippen LogP contribution in [0.5, 0.6) is 0 Å². The van der Waals surface area contributed by atoms with Crippen LogP contribution in [-0.2, 0) is 22.4 Å². The molecular weight excluding hydrogens is 356 g/mol. The Balaban J connectivity index is 2.41. The summed E-state index contributed by atoms with van der Waals surface area (Å²) in [6.45, 7) is 11.7. The van der Waals surface area contributed by atoms with Crippen LogP contribution in [0.2, 0.25) is 0 Å². The average Bonchev–Trinajstić information content (AvgIpc) is 2.97. The number of anilines is 1. The van der Waals surface area contributed by atoms with E-state index in [1.54, 1.807) is 6.92 Å². The molecule has 0 saturated heterocycles. The fraction of sp³-hybridized carbons (Fsp3) is 0.455. The fourth-order valence-corrected chi connectivity index (χ4v) is 2.98. The summed E-state index contributed by atoms with van der Waals surface area (Å²) in [6.07, 6.45) is 0.504. The number of hydrogen-bond acceptors (Lipinski definition) is 5. The quantitative estimate of drug-likeness (QED) is 0.678. The number of hydrogen-bond donors (Lipinski definition) is 2. The molecule has 6 nitrogen and oxygen atoms in total. The van der Waals surface area contributed by atoms with Gasteiger partial charge in [0.25, 0.3) is 0 Å². The summed E-state index contributed by atoms with van der Waals surface area (Å²) >= 11 is 0. The minimum Gasteiger partial charge on any atom is -0.462 e. The maximum atomic E-state index is 12.7. The molecule has 1 aromatic heterocycles. The normalized spacial score (nSPS) is 11.2. The second-order valence-corrected chi connectivity index (χ2v) is 7.63. The number of ether oxygens (including phenoxy) is 2. The average molecular weight is 386 g/mol. The van der Waals surface area contributed by atoms with Gasteiger partial charge in [-0.3, -0.25) is 0 Å². The third-order valence-corrected chi connectivity index (χ3v) is 4.10. The molecule has 0 fully saturated rings. The summed E-state index contributed by atoms with van der Waals surface area (Å²) in [4.78, 5) is 28.4. The van der Waals surface area contributed by atoms with Gasteiger partial charge in [0.15, 0.2) is 0 Å². The summed E-state index contributed by atoms with van der Waals surface area (Å²) in [7, 11) is 0. The summed E-state index contributed by atoms with van der Waals surface area (Å²) in [5.74, 6) is -0.914. The number of H-pyrrole nitrogens is 1. The number of carbonyl (C=O) groups is 2. The van der Waals surface area contributed by atoms with E-state index in [1.165, 1.54) is 0 Å². The number of aromatic nitrogens is 1. The van der Waals surface area contributed by atoms with Crippen molar-refractivity contribution in [3.05, 3.63) is 52.3 Å². The van der Waals surface area contributed by atoms with Crippen molar-refractivity contribution < 1.29 is 19.1 Å². The van der Waals surface area contributed by atoms with Crippen LogP contribution in [-0.4, -0.2) is 29.1 Å². The number of nitrogens with one attached hydrogen (secondary N) is 2. The molecule has 0 saturated carbocycles. The molecule has 0 radical (unpaired) electrons. The van der Waals surface area contributed by atoms with Crippen LogP contribution in [0, 0.1) is 6.92 Å². The van der Waals surface area contributed by atoms with Gasteiger partial charge in [-0.1, -0.05) is 19.1 Å². The lowest BCUT2D eigenvalue weighted by Gasteiger charge is -2.19. The van der Waals surface area contributed by atoms with Gasteiger partial charge in [0.05, 0.1) is 18.7 Å². The number of carbonyl (C=O) groups excluding carboxylic acids is 2. The van der Waals surface area contributed by atoms with Crippen molar-refractivity contribution in [3.63, 3.8) is 0 Å². The van der Waals surface area contributed by atoms with Gasteiger partial charge in [0.1, 0.15) is 11.3 Å². The molecule has 28 heavy (non-hydrogen) atoms. The van der Waals surface area contributed by atoms with Crippen molar-refractivity contribution in [1.29, 1.82) is 0 Å². The number of aryl methyl sites for hydroxylation is 1. The zero-order valence-corrected chi connectivity index (χ0v) is 17.6. The minimum absolute atomic E-state index is 0.264. The first-order chi connectivity index (χ1) is 13.2. The van der Waals surface area contributed by atoms with Gasteiger partial charge >= 0.3 is 11.9 Å². The summed E-state index contributed by atoms with van der Waals surface area (Å²) in [5, 5.41) is 3.30. The molecule has 0 spiro atoms. The second-order valence-electron chi connectivity index (χ2n) is 7.63. The highest BCUT2D eigenvalue weighted by Crippen LogP contribution is 2.25. The number of rotatable bonds is 7. The molecule has 0 aliphatic carbocycles. The van der Waals surface area contributed by atoms with Gasteiger partial charge in [-0.25, -0.2) is 9.59 Å². The van der Waals surface area contributed by atoms with Crippen LogP contribution < -0.4 is 5.32 Å². The van der Waals surface area contributed by atoms with Gasteiger partial charge in [-0.2, -0.15) is 0 Å². The Morgan fingerprint density at radius 1 is 1.14 bits per heavy atom. The summed E-state index contributed by atoms with van der Waals surface area (Å²) in [5.41, 5.74) is 3.38. The number of benzene rings is 1. The molecule has 2 aromatic rings. The van der Waals surface area contributed by atoms with Gasteiger partial charge < -0.3 is 19.8 Å². The Morgan fingerprint density at radius 2 is 1.86 bits per heavy atom. The first-order valence-corrected chi connectivity index (χ1v) is 9.61. The topological polar surface area (TPSA) is 80.4 Å².